The van der Waals surface area contributed by atoms with Gasteiger partial charge in [-0.05, 0) is 54.4 Å². The van der Waals surface area contributed by atoms with Gasteiger partial charge in [-0.2, -0.15) is 0 Å². The molecule has 86 valence electrons. The minimum atomic E-state index is 0.818. The second-order valence-corrected chi connectivity index (χ2v) is 4.91. The molecule has 17 heavy (non-hydrogen) atoms. The van der Waals surface area contributed by atoms with Crippen molar-refractivity contribution in [3.05, 3.63) is 66.0 Å². The second-order valence-electron chi connectivity index (χ2n) is 4.91. The molecule has 1 aliphatic rings. The summed E-state index contributed by atoms with van der Waals surface area (Å²) in [5.41, 5.74) is 2.94. The van der Waals surface area contributed by atoms with Crippen LogP contribution in [0.2, 0.25) is 0 Å². The van der Waals surface area contributed by atoms with Crippen LogP contribution in [0.25, 0.3) is 0 Å². The van der Waals surface area contributed by atoms with Gasteiger partial charge in [0.15, 0.2) is 0 Å². The molecule has 2 aromatic rings. The van der Waals surface area contributed by atoms with Gasteiger partial charge < -0.3 is 0 Å². The molecule has 0 spiro atoms. The fourth-order valence-electron chi connectivity index (χ4n) is 2.58. The molecule has 1 heteroatoms. The van der Waals surface area contributed by atoms with E-state index in [4.69, 9.17) is 0 Å². The Bertz CT molecular complexity index is 463. The van der Waals surface area contributed by atoms with Crippen LogP contribution in [0.5, 0.6) is 0 Å². The quantitative estimate of drug-likeness (QED) is 0.768. The van der Waals surface area contributed by atoms with Crippen molar-refractivity contribution in [2.24, 2.45) is 5.92 Å². The largest absolute Gasteiger partial charge is 0.265 e. The molecule has 1 nitrogen and oxygen atoms in total. The van der Waals surface area contributed by atoms with Crippen molar-refractivity contribution in [3.63, 3.8) is 0 Å². The third-order valence-electron chi connectivity index (χ3n) is 3.70. The highest BCUT2D eigenvalue weighted by Crippen LogP contribution is 2.49. The number of rotatable bonds is 4. The molecule has 1 aromatic carbocycles. The molecule has 0 saturated heterocycles. The Balaban J connectivity index is 1.53. The summed E-state index contributed by atoms with van der Waals surface area (Å²) in [7, 11) is 0. The highest BCUT2D eigenvalue weighted by Gasteiger charge is 2.37. The third-order valence-corrected chi connectivity index (χ3v) is 3.70. The molecule has 0 amide bonds. The van der Waals surface area contributed by atoms with Gasteiger partial charge in [0.05, 0.1) is 0 Å². The maximum absolute atomic E-state index is 4.05. The van der Waals surface area contributed by atoms with Gasteiger partial charge in [0.25, 0.3) is 0 Å². The normalized spacial score (nSPS) is 22.4. The maximum Gasteiger partial charge on any atom is 0.0270 e. The van der Waals surface area contributed by atoms with Crippen LogP contribution in [0.1, 0.15) is 29.9 Å². The van der Waals surface area contributed by atoms with E-state index < -0.39 is 0 Å². The predicted molar refractivity (Wildman–Crippen MR) is 69.8 cm³/mol. The van der Waals surface area contributed by atoms with Crippen molar-refractivity contribution in [2.45, 2.75) is 25.2 Å². The molecular formula is C16H17N. The summed E-state index contributed by atoms with van der Waals surface area (Å²) in [5, 5.41) is 0. The van der Waals surface area contributed by atoms with Crippen molar-refractivity contribution in [1.29, 1.82) is 0 Å². The molecule has 0 aliphatic heterocycles. The first-order valence-corrected chi connectivity index (χ1v) is 6.37. The summed E-state index contributed by atoms with van der Waals surface area (Å²) in [6, 6.07) is 15.2. The van der Waals surface area contributed by atoms with E-state index in [1.54, 1.807) is 0 Å². The summed E-state index contributed by atoms with van der Waals surface area (Å²) in [6.07, 6.45) is 7.64. The van der Waals surface area contributed by atoms with Crippen LogP contribution >= 0.6 is 0 Å². The minimum Gasteiger partial charge on any atom is -0.265 e. The Hall–Kier alpha value is -1.63. The molecule has 1 unspecified atom stereocenters. The van der Waals surface area contributed by atoms with Crippen LogP contribution in [0.4, 0.5) is 0 Å². The predicted octanol–water partition coefficient (Wildman–Crippen LogP) is 3.82. The number of hydrogen-bond donors (Lipinski definition) is 0. The van der Waals surface area contributed by atoms with Crippen molar-refractivity contribution >= 4 is 0 Å². The lowest BCUT2D eigenvalue weighted by Crippen LogP contribution is -1.89. The van der Waals surface area contributed by atoms with Gasteiger partial charge in [0.2, 0.25) is 0 Å². The standard InChI is InChI=1S/C16H17N/c1-2-4-14(5-3-1)16-12-15(16)7-6-13-8-10-17-11-9-13/h1-5,8-11,15-16H,6-7,12H2/t15-,16?/m0/s1. The van der Waals surface area contributed by atoms with Crippen molar-refractivity contribution in [3.8, 4) is 0 Å². The van der Waals surface area contributed by atoms with Gasteiger partial charge in [0, 0.05) is 12.4 Å². The van der Waals surface area contributed by atoms with Crippen molar-refractivity contribution in [1.82, 2.24) is 4.98 Å². The molecule has 1 saturated carbocycles. The Morgan fingerprint density at radius 3 is 2.53 bits per heavy atom. The molecule has 1 aromatic heterocycles. The van der Waals surface area contributed by atoms with Gasteiger partial charge >= 0.3 is 0 Å². The molecule has 1 aliphatic carbocycles. The topological polar surface area (TPSA) is 12.9 Å². The van der Waals surface area contributed by atoms with Crippen LogP contribution in [0.3, 0.4) is 0 Å². The van der Waals surface area contributed by atoms with E-state index in [0.717, 1.165) is 11.8 Å². The number of benzene rings is 1. The Morgan fingerprint density at radius 2 is 1.76 bits per heavy atom. The molecule has 2 atom stereocenters. The molecule has 0 bridgehead atoms. The Morgan fingerprint density at radius 1 is 1.00 bits per heavy atom. The second kappa shape index (κ2) is 4.70. The summed E-state index contributed by atoms with van der Waals surface area (Å²) < 4.78 is 0. The molecular weight excluding hydrogens is 206 g/mol. The van der Waals surface area contributed by atoms with Crippen molar-refractivity contribution < 1.29 is 0 Å². The maximum atomic E-state index is 4.05. The van der Waals surface area contributed by atoms with E-state index in [0.29, 0.717) is 0 Å². The summed E-state index contributed by atoms with van der Waals surface area (Å²) in [4.78, 5) is 4.05. The SMILES string of the molecule is c1ccc(C2C[C@@H]2CCc2ccncc2)cc1. The zero-order chi connectivity index (χ0) is 11.5. The molecule has 3 rings (SSSR count). The van der Waals surface area contributed by atoms with E-state index in [9.17, 15) is 0 Å². The average molecular weight is 223 g/mol. The Kier molecular flexibility index (Phi) is 2.91. The number of aryl methyl sites for hydroxylation is 1. The van der Waals surface area contributed by atoms with Crippen LogP contribution in [-0.4, -0.2) is 4.98 Å². The van der Waals surface area contributed by atoms with Gasteiger partial charge in [-0.15, -0.1) is 0 Å². The molecule has 0 N–H and O–H groups in total. The first kappa shape index (κ1) is 10.5. The van der Waals surface area contributed by atoms with Crippen LogP contribution < -0.4 is 0 Å². The highest BCUT2D eigenvalue weighted by molar-refractivity contribution is 5.25. The smallest absolute Gasteiger partial charge is 0.0270 e. The summed E-state index contributed by atoms with van der Waals surface area (Å²) >= 11 is 0. The Labute approximate surface area is 103 Å². The highest BCUT2D eigenvalue weighted by atomic mass is 14.6. The average Bonchev–Trinajstić information content (AvgIpc) is 3.18. The van der Waals surface area contributed by atoms with Crippen LogP contribution in [-0.2, 0) is 6.42 Å². The van der Waals surface area contributed by atoms with E-state index in [1.807, 2.05) is 12.4 Å². The lowest BCUT2D eigenvalue weighted by Gasteiger charge is -2.01. The van der Waals surface area contributed by atoms with E-state index in [-0.39, 0.29) is 0 Å². The van der Waals surface area contributed by atoms with Crippen LogP contribution in [0, 0.1) is 5.92 Å². The fraction of sp³-hybridized carbons (Fsp3) is 0.312. The van der Waals surface area contributed by atoms with Crippen molar-refractivity contribution in [2.75, 3.05) is 0 Å². The van der Waals surface area contributed by atoms with Gasteiger partial charge in [-0.25, -0.2) is 0 Å². The first-order chi connectivity index (χ1) is 8.43. The number of pyridine rings is 1. The number of aromatic nitrogens is 1. The van der Waals surface area contributed by atoms with Gasteiger partial charge in [0.1, 0.15) is 0 Å². The zero-order valence-corrected chi connectivity index (χ0v) is 9.92. The lowest BCUT2D eigenvalue weighted by atomic mass is 10.0. The minimum absolute atomic E-state index is 0.818. The van der Waals surface area contributed by atoms with Gasteiger partial charge in [-0.3, -0.25) is 4.98 Å². The summed E-state index contributed by atoms with van der Waals surface area (Å²) in [5.74, 6) is 1.71. The van der Waals surface area contributed by atoms with E-state index in [1.165, 1.54) is 30.4 Å². The monoisotopic (exact) mass is 223 g/mol. The fourth-order valence-corrected chi connectivity index (χ4v) is 2.58. The zero-order valence-electron chi connectivity index (χ0n) is 9.92. The van der Waals surface area contributed by atoms with E-state index in [2.05, 4.69) is 47.4 Å². The first-order valence-electron chi connectivity index (χ1n) is 6.37. The molecule has 1 heterocycles. The third kappa shape index (κ3) is 2.55. The van der Waals surface area contributed by atoms with Crippen LogP contribution in [0.15, 0.2) is 54.9 Å². The van der Waals surface area contributed by atoms with E-state index >= 15 is 0 Å². The number of nitrogens with zero attached hydrogens (tertiary/aromatic N) is 1. The molecule has 1 fully saturated rings. The summed E-state index contributed by atoms with van der Waals surface area (Å²) in [6.45, 7) is 0. The molecule has 0 radical (unpaired) electrons. The van der Waals surface area contributed by atoms with Gasteiger partial charge in [-0.1, -0.05) is 30.3 Å². The lowest BCUT2D eigenvalue weighted by molar-refractivity contribution is 0.703. The number of hydrogen-bond acceptors (Lipinski definition) is 1.